The van der Waals surface area contributed by atoms with Gasteiger partial charge >= 0.3 is 0 Å². The molecular weight excluding hydrogens is 419 g/mol. The van der Waals surface area contributed by atoms with Crippen LogP contribution >= 0.6 is 11.6 Å². The van der Waals surface area contributed by atoms with Gasteiger partial charge in [-0.1, -0.05) is 41.9 Å². The van der Waals surface area contributed by atoms with E-state index in [9.17, 15) is 9.18 Å². The number of carbonyl (C=O) groups is 1. The van der Waals surface area contributed by atoms with Crippen LogP contribution < -0.4 is 9.47 Å². The lowest BCUT2D eigenvalue weighted by molar-refractivity contribution is 0.0709. The lowest BCUT2D eigenvalue weighted by Gasteiger charge is -2.22. The van der Waals surface area contributed by atoms with Gasteiger partial charge in [-0.2, -0.15) is 5.10 Å². The van der Waals surface area contributed by atoms with Crippen LogP contribution in [0, 0.1) is 5.82 Å². The molecule has 0 aromatic heterocycles. The number of methoxy groups -OCH3 is 2. The molecule has 0 saturated carbocycles. The largest absolute Gasteiger partial charge is 0.497 e. The first-order chi connectivity index (χ1) is 15.0. The maximum atomic E-state index is 14.7. The maximum Gasteiger partial charge on any atom is 0.276 e. The topological polar surface area (TPSA) is 51.1 Å². The average Bonchev–Trinajstić information content (AvgIpc) is 3.23. The van der Waals surface area contributed by atoms with Crippen molar-refractivity contribution in [2.75, 3.05) is 14.2 Å². The minimum Gasteiger partial charge on any atom is -0.497 e. The van der Waals surface area contributed by atoms with Gasteiger partial charge in [-0.15, -0.1) is 0 Å². The lowest BCUT2D eigenvalue weighted by Crippen LogP contribution is -2.27. The van der Waals surface area contributed by atoms with E-state index >= 15 is 0 Å². The molecule has 4 rings (SSSR count). The van der Waals surface area contributed by atoms with E-state index in [1.165, 1.54) is 11.1 Å². The van der Waals surface area contributed by atoms with Gasteiger partial charge in [0.15, 0.2) is 0 Å². The number of benzene rings is 3. The molecule has 0 fully saturated rings. The second-order valence-corrected chi connectivity index (χ2v) is 7.39. The van der Waals surface area contributed by atoms with Gasteiger partial charge in [0.05, 0.1) is 36.6 Å². The minimum atomic E-state index is -0.619. The zero-order valence-corrected chi connectivity index (χ0v) is 17.8. The Kier molecular flexibility index (Phi) is 5.91. The van der Waals surface area contributed by atoms with Gasteiger partial charge < -0.3 is 9.47 Å². The summed E-state index contributed by atoms with van der Waals surface area (Å²) >= 11 is 6.25. The molecular formula is C24H20ClFN2O3. The molecule has 158 valence electrons. The standard InChI is InChI=1S/C24H20ClFN2O3/c1-30-15-11-12-18(23(13-15)31-2)21-14-22(17-8-4-6-10-20(17)26)28(27-21)24(29)16-7-3-5-9-19(16)25/h3-13,22H,14H2,1-2H3/t22-/m1/s1. The molecule has 1 aliphatic rings. The summed E-state index contributed by atoms with van der Waals surface area (Å²) < 4.78 is 25.4. The molecule has 0 aliphatic carbocycles. The van der Waals surface area contributed by atoms with Crippen molar-refractivity contribution in [2.45, 2.75) is 12.5 Å². The molecule has 0 radical (unpaired) electrons. The number of carbonyl (C=O) groups excluding carboxylic acids is 1. The van der Waals surface area contributed by atoms with Crippen LogP contribution in [0.2, 0.25) is 5.02 Å². The summed E-state index contributed by atoms with van der Waals surface area (Å²) in [5.41, 5.74) is 2.00. The van der Waals surface area contributed by atoms with Crippen molar-refractivity contribution in [3.63, 3.8) is 0 Å². The Morgan fingerprint density at radius 1 is 1.06 bits per heavy atom. The van der Waals surface area contributed by atoms with Gasteiger partial charge in [0.25, 0.3) is 5.91 Å². The molecule has 31 heavy (non-hydrogen) atoms. The van der Waals surface area contributed by atoms with Crippen molar-refractivity contribution in [1.29, 1.82) is 0 Å². The molecule has 0 N–H and O–H groups in total. The van der Waals surface area contributed by atoms with Crippen LogP contribution in [0.25, 0.3) is 0 Å². The number of ether oxygens (including phenoxy) is 2. The number of hydrogen-bond acceptors (Lipinski definition) is 4. The van der Waals surface area contributed by atoms with Crippen LogP contribution in [0.3, 0.4) is 0 Å². The van der Waals surface area contributed by atoms with E-state index in [1.807, 2.05) is 6.07 Å². The molecule has 7 heteroatoms. The zero-order chi connectivity index (χ0) is 22.0. The average molecular weight is 439 g/mol. The molecule has 0 spiro atoms. The first-order valence-corrected chi connectivity index (χ1v) is 10.0. The van der Waals surface area contributed by atoms with Gasteiger partial charge in [0, 0.05) is 23.6 Å². The number of hydrazone groups is 1. The second-order valence-electron chi connectivity index (χ2n) is 6.98. The summed E-state index contributed by atoms with van der Waals surface area (Å²) in [6.07, 6.45) is 0.319. The molecule has 1 amide bonds. The van der Waals surface area contributed by atoms with Crippen LogP contribution in [0.4, 0.5) is 4.39 Å². The highest BCUT2D eigenvalue weighted by molar-refractivity contribution is 6.33. The van der Waals surface area contributed by atoms with Gasteiger partial charge in [-0.05, 0) is 30.3 Å². The molecule has 0 bridgehead atoms. The van der Waals surface area contributed by atoms with Gasteiger partial charge in [-0.25, -0.2) is 9.40 Å². The third kappa shape index (κ3) is 3.99. The zero-order valence-electron chi connectivity index (χ0n) is 17.0. The van der Waals surface area contributed by atoms with Crippen molar-refractivity contribution in [2.24, 2.45) is 5.10 Å². The van der Waals surface area contributed by atoms with E-state index in [0.29, 0.717) is 45.3 Å². The van der Waals surface area contributed by atoms with Gasteiger partial charge in [-0.3, -0.25) is 4.79 Å². The molecule has 1 aliphatic heterocycles. The number of halogens is 2. The van der Waals surface area contributed by atoms with Crippen LogP contribution in [0.15, 0.2) is 71.8 Å². The quantitative estimate of drug-likeness (QED) is 0.529. The predicted molar refractivity (Wildman–Crippen MR) is 117 cm³/mol. The van der Waals surface area contributed by atoms with E-state index in [-0.39, 0.29) is 0 Å². The Labute approximate surface area is 184 Å². The Bertz CT molecular complexity index is 1170. The van der Waals surface area contributed by atoms with Crippen LogP contribution in [0.1, 0.15) is 33.9 Å². The summed E-state index contributed by atoms with van der Waals surface area (Å²) in [5, 5.41) is 6.21. The molecule has 0 saturated heterocycles. The monoisotopic (exact) mass is 438 g/mol. The molecule has 3 aromatic rings. The third-order valence-corrected chi connectivity index (χ3v) is 5.54. The van der Waals surface area contributed by atoms with Gasteiger partial charge in [0.2, 0.25) is 0 Å². The van der Waals surface area contributed by atoms with E-state index in [0.717, 1.165) is 0 Å². The molecule has 5 nitrogen and oxygen atoms in total. The van der Waals surface area contributed by atoms with Crippen molar-refractivity contribution >= 4 is 23.2 Å². The minimum absolute atomic E-state index is 0.303. The van der Waals surface area contributed by atoms with E-state index in [4.69, 9.17) is 21.1 Å². The smallest absolute Gasteiger partial charge is 0.276 e. The fourth-order valence-electron chi connectivity index (χ4n) is 3.64. The Balaban J connectivity index is 1.80. The van der Waals surface area contributed by atoms with E-state index < -0.39 is 17.8 Å². The van der Waals surface area contributed by atoms with Crippen molar-refractivity contribution < 1.29 is 18.7 Å². The van der Waals surface area contributed by atoms with Crippen molar-refractivity contribution in [3.8, 4) is 11.5 Å². The Morgan fingerprint density at radius 3 is 2.52 bits per heavy atom. The fourth-order valence-corrected chi connectivity index (χ4v) is 3.86. The predicted octanol–water partition coefficient (Wildman–Crippen LogP) is 5.49. The summed E-state index contributed by atoms with van der Waals surface area (Å²) in [6, 6.07) is 17.9. The number of rotatable bonds is 5. The first-order valence-electron chi connectivity index (χ1n) is 9.66. The van der Waals surface area contributed by atoms with Crippen LogP contribution in [-0.2, 0) is 0 Å². The summed E-state index contributed by atoms with van der Waals surface area (Å²) in [5.74, 6) is 0.384. The third-order valence-electron chi connectivity index (χ3n) is 5.21. The molecule has 0 unspecified atom stereocenters. The van der Waals surface area contributed by atoms with Crippen molar-refractivity contribution in [1.82, 2.24) is 5.01 Å². The highest BCUT2D eigenvalue weighted by Crippen LogP contribution is 2.38. The number of amides is 1. The first kappa shape index (κ1) is 20.9. The molecule has 1 heterocycles. The highest BCUT2D eigenvalue weighted by Gasteiger charge is 2.36. The van der Waals surface area contributed by atoms with Crippen LogP contribution in [0.5, 0.6) is 11.5 Å². The summed E-state index contributed by atoms with van der Waals surface area (Å²) in [4.78, 5) is 13.4. The van der Waals surface area contributed by atoms with E-state index in [1.54, 1.807) is 68.8 Å². The summed E-state index contributed by atoms with van der Waals surface area (Å²) in [7, 11) is 3.12. The SMILES string of the molecule is COc1ccc(C2=NN(C(=O)c3ccccc3Cl)[C@@H](c3ccccc3F)C2)c(OC)c1. The Morgan fingerprint density at radius 2 is 1.81 bits per heavy atom. The van der Waals surface area contributed by atoms with E-state index in [2.05, 4.69) is 5.10 Å². The number of hydrogen-bond donors (Lipinski definition) is 0. The lowest BCUT2D eigenvalue weighted by atomic mass is 9.97. The summed E-state index contributed by atoms with van der Waals surface area (Å²) in [6.45, 7) is 0. The Hall–Kier alpha value is -3.38. The van der Waals surface area contributed by atoms with Crippen LogP contribution in [-0.4, -0.2) is 30.8 Å². The second kappa shape index (κ2) is 8.78. The highest BCUT2D eigenvalue weighted by atomic mass is 35.5. The van der Waals surface area contributed by atoms with Crippen molar-refractivity contribution in [3.05, 3.63) is 94.3 Å². The van der Waals surface area contributed by atoms with Gasteiger partial charge in [0.1, 0.15) is 17.3 Å². The number of nitrogens with zero attached hydrogens (tertiary/aromatic N) is 2. The normalized spacial score (nSPS) is 15.5. The molecule has 3 aromatic carbocycles. The molecule has 1 atom stereocenters. The fraction of sp³-hybridized carbons (Fsp3) is 0.167. The maximum absolute atomic E-state index is 14.7.